The van der Waals surface area contributed by atoms with Gasteiger partial charge in [-0.15, -0.1) is 0 Å². The van der Waals surface area contributed by atoms with E-state index in [0.29, 0.717) is 23.3 Å². The molecule has 2 rings (SSSR count). The van der Waals surface area contributed by atoms with Crippen molar-refractivity contribution >= 4 is 29.8 Å². The molecule has 10 nitrogen and oxygen atoms in total. The minimum Gasteiger partial charge on any atom is -0.465 e. The van der Waals surface area contributed by atoms with Gasteiger partial charge in [-0.3, -0.25) is 4.79 Å². The van der Waals surface area contributed by atoms with E-state index in [2.05, 4.69) is 13.2 Å². The van der Waals surface area contributed by atoms with E-state index in [4.69, 9.17) is 23.7 Å². The maximum absolute atomic E-state index is 12.9. The predicted molar refractivity (Wildman–Crippen MR) is 158 cm³/mol. The molecule has 0 bridgehead atoms. The molecule has 0 unspecified atom stereocenters. The molecule has 2 aromatic rings. The summed E-state index contributed by atoms with van der Waals surface area (Å²) in [7, 11) is 0. The summed E-state index contributed by atoms with van der Waals surface area (Å²) in [5, 5.41) is 0. The molecular weight excluding hydrogens is 556 g/mol. The van der Waals surface area contributed by atoms with Crippen molar-refractivity contribution in [3.8, 4) is 16.9 Å². The number of ether oxygens (including phenoxy) is 5. The Balaban J connectivity index is 2.17. The van der Waals surface area contributed by atoms with Gasteiger partial charge in [-0.05, 0) is 76.1 Å². The van der Waals surface area contributed by atoms with Crippen LogP contribution in [0.15, 0.2) is 66.8 Å². The highest BCUT2D eigenvalue weighted by molar-refractivity contribution is 5.97. The maximum Gasteiger partial charge on any atom is 0.338 e. The fourth-order valence-electron chi connectivity index (χ4n) is 3.22. The zero-order chi connectivity index (χ0) is 32.2. The van der Waals surface area contributed by atoms with E-state index in [-0.39, 0.29) is 61.1 Å². The number of carbonyl (C=O) groups excluding carboxylic acids is 5. The Morgan fingerprint density at radius 2 is 1.09 bits per heavy atom. The van der Waals surface area contributed by atoms with Gasteiger partial charge < -0.3 is 23.7 Å². The minimum atomic E-state index is -0.691. The second-order valence-electron chi connectivity index (χ2n) is 10.8. The second kappa shape index (κ2) is 16.1. The summed E-state index contributed by atoms with van der Waals surface area (Å²) in [6.45, 7) is 15.4. The first-order valence-electron chi connectivity index (χ1n) is 13.7. The Hall–Kier alpha value is -4.73. The van der Waals surface area contributed by atoms with E-state index in [1.807, 2.05) is 0 Å². The van der Waals surface area contributed by atoms with E-state index in [9.17, 15) is 24.0 Å². The summed E-state index contributed by atoms with van der Waals surface area (Å²) < 4.78 is 26.1. The SMILES string of the molecule is C=C(C)C(=O)OCCCOC(=O)c1cc(C(=O)OCCCOC(=O)C(C)(C)C)cc(-c2ccc(OC(=O)C(=C)C)cc2)c1. The van der Waals surface area contributed by atoms with Crippen molar-refractivity contribution in [1.82, 2.24) is 0 Å². The highest BCUT2D eigenvalue weighted by Gasteiger charge is 2.23. The third-order valence-electron chi connectivity index (χ3n) is 5.62. The third kappa shape index (κ3) is 11.6. The second-order valence-corrected chi connectivity index (χ2v) is 10.8. The highest BCUT2D eigenvalue weighted by atomic mass is 16.6. The van der Waals surface area contributed by atoms with Crippen LogP contribution in [0.3, 0.4) is 0 Å². The van der Waals surface area contributed by atoms with Crippen LogP contribution in [-0.4, -0.2) is 56.3 Å². The maximum atomic E-state index is 12.9. The standard InChI is InChI=1S/C33H38O10/c1-21(2)28(34)39-14-8-15-40-30(36)25-18-24(23-10-12-27(13-11-23)43-29(35)22(3)4)19-26(20-25)31(37)41-16-9-17-42-32(38)33(5,6)7/h10-13,18-20H,1,3,8-9,14-17H2,2,4-7H3. The van der Waals surface area contributed by atoms with Crippen LogP contribution >= 0.6 is 0 Å². The number of carbonyl (C=O) groups is 5. The number of esters is 5. The molecule has 0 aromatic heterocycles. The van der Waals surface area contributed by atoms with Gasteiger partial charge in [0.25, 0.3) is 0 Å². The molecule has 2 aromatic carbocycles. The first kappa shape index (κ1) is 34.5. The van der Waals surface area contributed by atoms with Gasteiger partial charge in [0, 0.05) is 24.0 Å². The molecule has 0 saturated carbocycles. The van der Waals surface area contributed by atoms with Crippen molar-refractivity contribution in [2.45, 2.75) is 47.5 Å². The quantitative estimate of drug-likeness (QED) is 0.0890. The molecule has 0 atom stereocenters. The first-order valence-corrected chi connectivity index (χ1v) is 13.7. The highest BCUT2D eigenvalue weighted by Crippen LogP contribution is 2.26. The molecule has 0 aliphatic carbocycles. The summed E-state index contributed by atoms with van der Waals surface area (Å²) >= 11 is 0. The van der Waals surface area contributed by atoms with E-state index >= 15 is 0 Å². The van der Waals surface area contributed by atoms with Crippen LogP contribution in [0.25, 0.3) is 11.1 Å². The lowest BCUT2D eigenvalue weighted by molar-refractivity contribution is -0.153. The fourth-order valence-corrected chi connectivity index (χ4v) is 3.22. The molecule has 0 spiro atoms. The van der Waals surface area contributed by atoms with Gasteiger partial charge in [0.1, 0.15) is 5.75 Å². The van der Waals surface area contributed by atoms with Crippen molar-refractivity contribution in [3.63, 3.8) is 0 Å². The van der Waals surface area contributed by atoms with Crippen LogP contribution in [0.2, 0.25) is 0 Å². The van der Waals surface area contributed by atoms with Gasteiger partial charge in [0.05, 0.1) is 43.0 Å². The van der Waals surface area contributed by atoms with Crippen LogP contribution in [0.1, 0.15) is 68.2 Å². The molecule has 0 aliphatic heterocycles. The zero-order valence-electron chi connectivity index (χ0n) is 25.3. The van der Waals surface area contributed by atoms with Crippen molar-refractivity contribution < 1.29 is 47.7 Å². The van der Waals surface area contributed by atoms with Gasteiger partial charge in [-0.2, -0.15) is 0 Å². The molecule has 10 heteroatoms. The zero-order valence-corrected chi connectivity index (χ0v) is 25.3. The summed E-state index contributed by atoms with van der Waals surface area (Å²) in [4.78, 5) is 61.0. The van der Waals surface area contributed by atoms with E-state index in [1.54, 1.807) is 57.2 Å². The number of rotatable bonds is 14. The first-order chi connectivity index (χ1) is 20.2. The van der Waals surface area contributed by atoms with Crippen LogP contribution in [0.4, 0.5) is 0 Å². The molecule has 0 N–H and O–H groups in total. The smallest absolute Gasteiger partial charge is 0.338 e. The summed E-state index contributed by atoms with van der Waals surface area (Å²) in [6, 6.07) is 11.0. The van der Waals surface area contributed by atoms with E-state index in [1.165, 1.54) is 19.9 Å². The van der Waals surface area contributed by atoms with Gasteiger partial charge >= 0.3 is 29.8 Å². The number of hydrogen-bond donors (Lipinski definition) is 0. The van der Waals surface area contributed by atoms with E-state index < -0.39 is 29.3 Å². The third-order valence-corrected chi connectivity index (χ3v) is 5.62. The van der Waals surface area contributed by atoms with Gasteiger partial charge in [0.15, 0.2) is 0 Å². The topological polar surface area (TPSA) is 132 Å². The molecule has 0 amide bonds. The van der Waals surface area contributed by atoms with Crippen molar-refractivity contribution in [2.75, 3.05) is 26.4 Å². The van der Waals surface area contributed by atoms with Crippen LogP contribution in [-0.2, 0) is 33.3 Å². The van der Waals surface area contributed by atoms with Crippen LogP contribution in [0, 0.1) is 5.41 Å². The monoisotopic (exact) mass is 594 g/mol. The molecule has 0 fully saturated rings. The lowest BCUT2D eigenvalue weighted by atomic mass is 9.97. The Bertz CT molecular complexity index is 1360. The Morgan fingerprint density at radius 3 is 1.56 bits per heavy atom. The van der Waals surface area contributed by atoms with Crippen LogP contribution < -0.4 is 4.74 Å². The van der Waals surface area contributed by atoms with E-state index in [0.717, 1.165) is 0 Å². The van der Waals surface area contributed by atoms with Crippen molar-refractivity contribution in [3.05, 3.63) is 77.9 Å². The average Bonchev–Trinajstić information content (AvgIpc) is 2.95. The number of hydrogen-bond acceptors (Lipinski definition) is 10. The minimum absolute atomic E-state index is 0.00798. The van der Waals surface area contributed by atoms with Crippen molar-refractivity contribution in [1.29, 1.82) is 0 Å². The molecule has 0 heterocycles. The largest absolute Gasteiger partial charge is 0.465 e. The fraction of sp³-hybridized carbons (Fsp3) is 0.364. The Morgan fingerprint density at radius 1 is 0.628 bits per heavy atom. The summed E-state index contributed by atoms with van der Waals surface area (Å²) in [5.41, 5.74) is 1.21. The molecule has 0 aliphatic rings. The Kier molecular flexibility index (Phi) is 12.9. The molecule has 0 radical (unpaired) electrons. The van der Waals surface area contributed by atoms with Gasteiger partial charge in [0.2, 0.25) is 0 Å². The van der Waals surface area contributed by atoms with Gasteiger partial charge in [-0.25, -0.2) is 19.2 Å². The lowest BCUT2D eigenvalue weighted by Crippen LogP contribution is -2.23. The Labute approximate surface area is 251 Å². The van der Waals surface area contributed by atoms with Crippen molar-refractivity contribution in [2.24, 2.45) is 5.41 Å². The number of benzene rings is 2. The molecule has 43 heavy (non-hydrogen) atoms. The lowest BCUT2D eigenvalue weighted by Gasteiger charge is -2.16. The predicted octanol–water partition coefficient (Wildman–Crippen LogP) is 5.64. The molecule has 230 valence electrons. The summed E-state index contributed by atoms with van der Waals surface area (Å²) in [6.07, 6.45) is 0.561. The molecular formula is C33H38O10. The van der Waals surface area contributed by atoms with Gasteiger partial charge in [-0.1, -0.05) is 25.3 Å². The molecule has 0 saturated heterocycles. The van der Waals surface area contributed by atoms with Crippen LogP contribution in [0.5, 0.6) is 5.75 Å². The average molecular weight is 595 g/mol. The normalized spacial score (nSPS) is 10.7. The summed E-state index contributed by atoms with van der Waals surface area (Å²) in [5.74, 6) is -2.53.